The van der Waals surface area contributed by atoms with Gasteiger partial charge in [-0.05, 0) is 12.0 Å². The molecule has 0 amide bonds. The Morgan fingerprint density at radius 2 is 2.06 bits per heavy atom. The van der Waals surface area contributed by atoms with Crippen molar-refractivity contribution in [2.75, 3.05) is 6.61 Å². The Bertz CT molecular complexity index is 292. The lowest BCUT2D eigenvalue weighted by atomic mass is 10.2. The van der Waals surface area contributed by atoms with E-state index in [4.69, 9.17) is 9.15 Å². The van der Waals surface area contributed by atoms with Crippen LogP contribution in [-0.4, -0.2) is 12.6 Å². The Kier molecular flexibility index (Phi) is 5.56. The van der Waals surface area contributed by atoms with Crippen LogP contribution in [0.2, 0.25) is 0 Å². The fraction of sp³-hybridized carbons (Fsp3) is 0.692. The van der Waals surface area contributed by atoms with Crippen molar-refractivity contribution in [3.05, 3.63) is 23.7 Å². The van der Waals surface area contributed by atoms with Crippen molar-refractivity contribution in [2.24, 2.45) is 5.92 Å². The normalized spacial score (nSPS) is 11.6. The molecular weight excluding hydrogens is 202 g/mol. The third-order valence-corrected chi connectivity index (χ3v) is 2.22. The maximum absolute atomic E-state index is 5.57. The molecule has 0 aliphatic carbocycles. The van der Waals surface area contributed by atoms with Crippen molar-refractivity contribution >= 4 is 0 Å². The third-order valence-electron chi connectivity index (χ3n) is 2.22. The molecule has 0 atom stereocenters. The molecule has 0 spiro atoms. The van der Waals surface area contributed by atoms with E-state index in [9.17, 15) is 0 Å². The van der Waals surface area contributed by atoms with Crippen molar-refractivity contribution < 1.29 is 9.15 Å². The largest absolute Gasteiger partial charge is 0.467 e. The predicted molar refractivity (Wildman–Crippen MR) is 65.2 cm³/mol. The smallest absolute Gasteiger partial charge is 0.133 e. The molecule has 1 aromatic heterocycles. The molecule has 3 heteroatoms. The van der Waals surface area contributed by atoms with E-state index in [1.165, 1.54) is 5.56 Å². The Hall–Kier alpha value is -0.800. The van der Waals surface area contributed by atoms with Gasteiger partial charge in [0, 0.05) is 24.8 Å². The topological polar surface area (TPSA) is 34.4 Å². The van der Waals surface area contributed by atoms with Crippen LogP contribution in [0.3, 0.4) is 0 Å². The molecule has 1 N–H and O–H groups in total. The van der Waals surface area contributed by atoms with Gasteiger partial charge in [-0.25, -0.2) is 0 Å². The first-order valence-corrected chi connectivity index (χ1v) is 5.96. The Balaban J connectivity index is 2.38. The SMILES string of the molecule is CC(C)COCc1occc1CNC(C)C. The zero-order valence-corrected chi connectivity index (χ0v) is 10.7. The Labute approximate surface area is 98.2 Å². The molecule has 0 radical (unpaired) electrons. The van der Waals surface area contributed by atoms with Gasteiger partial charge >= 0.3 is 0 Å². The van der Waals surface area contributed by atoms with Crippen molar-refractivity contribution in [3.8, 4) is 0 Å². The van der Waals surface area contributed by atoms with E-state index in [1.54, 1.807) is 6.26 Å². The first kappa shape index (κ1) is 13.3. The standard InChI is InChI=1S/C13H23NO2/c1-10(2)8-15-9-13-12(5-6-16-13)7-14-11(3)4/h5-6,10-11,14H,7-9H2,1-4H3. The zero-order chi connectivity index (χ0) is 12.0. The molecule has 1 aromatic rings. The fourth-order valence-electron chi connectivity index (χ4n) is 1.35. The van der Waals surface area contributed by atoms with E-state index < -0.39 is 0 Å². The summed E-state index contributed by atoms with van der Waals surface area (Å²) in [5.41, 5.74) is 1.19. The molecule has 16 heavy (non-hydrogen) atoms. The minimum Gasteiger partial charge on any atom is -0.467 e. The van der Waals surface area contributed by atoms with Gasteiger partial charge in [0.1, 0.15) is 12.4 Å². The predicted octanol–water partition coefficient (Wildman–Crippen LogP) is 2.95. The molecule has 0 bridgehead atoms. The lowest BCUT2D eigenvalue weighted by Crippen LogP contribution is -2.22. The maximum atomic E-state index is 5.57. The lowest BCUT2D eigenvalue weighted by Gasteiger charge is -2.09. The summed E-state index contributed by atoms with van der Waals surface area (Å²) in [6.07, 6.45) is 1.73. The van der Waals surface area contributed by atoms with Crippen LogP contribution in [0.25, 0.3) is 0 Å². The summed E-state index contributed by atoms with van der Waals surface area (Å²) in [6.45, 7) is 10.7. The van der Waals surface area contributed by atoms with Crippen LogP contribution in [0, 0.1) is 5.92 Å². The Morgan fingerprint density at radius 1 is 1.31 bits per heavy atom. The molecule has 0 saturated carbocycles. The van der Waals surface area contributed by atoms with Gasteiger partial charge in [0.2, 0.25) is 0 Å². The molecule has 0 unspecified atom stereocenters. The molecule has 1 heterocycles. The van der Waals surface area contributed by atoms with Crippen molar-refractivity contribution in [3.63, 3.8) is 0 Å². The maximum Gasteiger partial charge on any atom is 0.133 e. The van der Waals surface area contributed by atoms with Crippen LogP contribution in [0.5, 0.6) is 0 Å². The van der Waals surface area contributed by atoms with E-state index in [-0.39, 0.29) is 0 Å². The zero-order valence-electron chi connectivity index (χ0n) is 10.7. The molecular formula is C13H23NO2. The fourth-order valence-corrected chi connectivity index (χ4v) is 1.35. The average Bonchev–Trinajstić information content (AvgIpc) is 2.62. The van der Waals surface area contributed by atoms with Crippen LogP contribution >= 0.6 is 0 Å². The third kappa shape index (κ3) is 4.81. The molecule has 0 aliphatic heterocycles. The summed E-state index contributed by atoms with van der Waals surface area (Å²) in [7, 11) is 0. The van der Waals surface area contributed by atoms with Crippen molar-refractivity contribution in [1.29, 1.82) is 0 Å². The van der Waals surface area contributed by atoms with Crippen molar-refractivity contribution in [1.82, 2.24) is 5.32 Å². The minimum absolute atomic E-state index is 0.485. The minimum atomic E-state index is 0.485. The van der Waals surface area contributed by atoms with Gasteiger partial charge in [-0.1, -0.05) is 27.7 Å². The van der Waals surface area contributed by atoms with E-state index in [0.717, 1.165) is 18.9 Å². The molecule has 1 rings (SSSR count). The van der Waals surface area contributed by atoms with Gasteiger partial charge in [0.05, 0.1) is 6.26 Å². The number of hydrogen-bond donors (Lipinski definition) is 1. The average molecular weight is 225 g/mol. The van der Waals surface area contributed by atoms with Gasteiger partial charge in [0.25, 0.3) is 0 Å². The summed E-state index contributed by atoms with van der Waals surface area (Å²) in [4.78, 5) is 0. The molecule has 3 nitrogen and oxygen atoms in total. The van der Waals surface area contributed by atoms with E-state index in [1.807, 2.05) is 6.07 Å². The van der Waals surface area contributed by atoms with Crippen LogP contribution in [0.15, 0.2) is 16.7 Å². The second kappa shape index (κ2) is 6.71. The quantitative estimate of drug-likeness (QED) is 0.774. The van der Waals surface area contributed by atoms with Gasteiger partial charge in [-0.2, -0.15) is 0 Å². The summed E-state index contributed by atoms with van der Waals surface area (Å²) in [6, 6.07) is 2.49. The molecule has 0 aromatic carbocycles. The second-order valence-electron chi connectivity index (χ2n) is 4.81. The van der Waals surface area contributed by atoms with Gasteiger partial charge in [-0.15, -0.1) is 0 Å². The van der Waals surface area contributed by atoms with E-state index in [0.29, 0.717) is 18.6 Å². The monoisotopic (exact) mass is 225 g/mol. The summed E-state index contributed by atoms with van der Waals surface area (Å²) < 4.78 is 11.0. The van der Waals surface area contributed by atoms with Gasteiger partial charge < -0.3 is 14.5 Å². The molecule has 0 saturated heterocycles. The first-order valence-electron chi connectivity index (χ1n) is 5.96. The van der Waals surface area contributed by atoms with Crippen LogP contribution < -0.4 is 5.32 Å². The van der Waals surface area contributed by atoms with Crippen molar-refractivity contribution in [2.45, 2.75) is 46.9 Å². The molecule has 0 fully saturated rings. The van der Waals surface area contributed by atoms with E-state index in [2.05, 4.69) is 33.0 Å². The number of furan rings is 1. The highest BCUT2D eigenvalue weighted by Gasteiger charge is 2.07. The highest BCUT2D eigenvalue weighted by atomic mass is 16.5. The number of hydrogen-bond acceptors (Lipinski definition) is 3. The Morgan fingerprint density at radius 3 is 2.69 bits per heavy atom. The lowest BCUT2D eigenvalue weighted by molar-refractivity contribution is 0.0838. The number of rotatable bonds is 7. The second-order valence-corrected chi connectivity index (χ2v) is 4.81. The van der Waals surface area contributed by atoms with Crippen LogP contribution in [-0.2, 0) is 17.9 Å². The molecule has 92 valence electrons. The molecule has 0 aliphatic rings. The number of ether oxygens (including phenoxy) is 1. The van der Waals surface area contributed by atoms with Crippen LogP contribution in [0.1, 0.15) is 39.0 Å². The first-order chi connectivity index (χ1) is 7.59. The summed E-state index contributed by atoms with van der Waals surface area (Å²) >= 11 is 0. The highest BCUT2D eigenvalue weighted by Crippen LogP contribution is 2.12. The van der Waals surface area contributed by atoms with Crippen LogP contribution in [0.4, 0.5) is 0 Å². The number of nitrogens with one attached hydrogen (secondary N) is 1. The summed E-state index contributed by atoms with van der Waals surface area (Å²) in [5.74, 6) is 1.50. The highest BCUT2D eigenvalue weighted by molar-refractivity contribution is 5.16. The summed E-state index contributed by atoms with van der Waals surface area (Å²) in [5, 5.41) is 3.37. The van der Waals surface area contributed by atoms with E-state index >= 15 is 0 Å². The van der Waals surface area contributed by atoms with Gasteiger partial charge in [0.15, 0.2) is 0 Å². The van der Waals surface area contributed by atoms with Gasteiger partial charge in [-0.3, -0.25) is 0 Å².